The first kappa shape index (κ1) is 23.4. The molecule has 0 aliphatic carbocycles. The summed E-state index contributed by atoms with van der Waals surface area (Å²) in [4.78, 5) is 0. The van der Waals surface area contributed by atoms with Crippen LogP contribution in [0.15, 0.2) is 60.7 Å². The second-order valence-electron chi connectivity index (χ2n) is 8.72. The molecule has 0 bridgehead atoms. The van der Waals surface area contributed by atoms with Crippen LogP contribution in [-0.4, -0.2) is 31.5 Å². The molecule has 0 heterocycles. The summed E-state index contributed by atoms with van der Waals surface area (Å²) in [6.45, 7) is 9.99. The highest BCUT2D eigenvalue weighted by Crippen LogP contribution is 2.19. The Morgan fingerprint density at radius 1 is 0.931 bits per heavy atom. The summed E-state index contributed by atoms with van der Waals surface area (Å²) in [5, 5.41) is 10.8. The van der Waals surface area contributed by atoms with Crippen LogP contribution in [0.2, 0.25) is 19.6 Å². The summed E-state index contributed by atoms with van der Waals surface area (Å²) in [6.07, 6.45) is 1.05. The quantitative estimate of drug-likeness (QED) is 0.332. The molecule has 0 fully saturated rings. The van der Waals surface area contributed by atoms with Crippen LogP contribution in [0.1, 0.15) is 30.9 Å². The van der Waals surface area contributed by atoms with Crippen LogP contribution < -0.4 is 0 Å². The third kappa shape index (κ3) is 10.4. The van der Waals surface area contributed by atoms with Crippen molar-refractivity contribution in [3.05, 3.63) is 71.8 Å². The molecule has 0 amide bonds. The van der Waals surface area contributed by atoms with E-state index in [2.05, 4.69) is 43.2 Å². The van der Waals surface area contributed by atoms with Crippen LogP contribution in [0.3, 0.4) is 0 Å². The van der Waals surface area contributed by atoms with Gasteiger partial charge >= 0.3 is 0 Å². The summed E-state index contributed by atoms with van der Waals surface area (Å²) in [6, 6.07) is 20.2. The van der Waals surface area contributed by atoms with Crippen molar-refractivity contribution in [3.63, 3.8) is 0 Å². The SMILES string of the molecule is CC(O)(C#C[Si](C)(C)C)C[C@H](CCOCc1ccccc1)OCc1ccccc1. The van der Waals surface area contributed by atoms with Gasteiger partial charge in [0.15, 0.2) is 0 Å². The van der Waals surface area contributed by atoms with Crippen LogP contribution in [0.5, 0.6) is 0 Å². The van der Waals surface area contributed by atoms with E-state index < -0.39 is 13.7 Å². The Balaban J connectivity index is 1.93. The molecular weight excluding hydrogens is 376 g/mol. The molecule has 4 heteroatoms. The van der Waals surface area contributed by atoms with Crippen LogP contribution in [-0.2, 0) is 22.7 Å². The van der Waals surface area contributed by atoms with E-state index in [1.807, 2.05) is 48.5 Å². The zero-order chi connectivity index (χ0) is 21.2. The Hall–Kier alpha value is -1.90. The lowest BCUT2D eigenvalue weighted by Crippen LogP contribution is -2.32. The third-order valence-corrected chi connectivity index (χ3v) is 5.23. The smallest absolute Gasteiger partial charge is 0.129 e. The Morgan fingerprint density at radius 2 is 1.48 bits per heavy atom. The fourth-order valence-corrected chi connectivity index (χ4v) is 3.47. The van der Waals surface area contributed by atoms with Crippen molar-refractivity contribution in [3.8, 4) is 11.5 Å². The zero-order valence-corrected chi connectivity index (χ0v) is 19.2. The maximum atomic E-state index is 10.8. The lowest BCUT2D eigenvalue weighted by atomic mass is 9.98. The predicted octanol–water partition coefficient (Wildman–Crippen LogP) is 5.20. The summed E-state index contributed by atoms with van der Waals surface area (Å²) < 4.78 is 12.0. The molecule has 2 rings (SSSR count). The fraction of sp³-hybridized carbons (Fsp3) is 0.440. The lowest BCUT2D eigenvalue weighted by molar-refractivity contribution is -0.0304. The van der Waals surface area contributed by atoms with Gasteiger partial charge in [0.25, 0.3) is 0 Å². The minimum absolute atomic E-state index is 0.128. The van der Waals surface area contributed by atoms with E-state index in [0.29, 0.717) is 32.7 Å². The van der Waals surface area contributed by atoms with Gasteiger partial charge in [-0.25, -0.2) is 0 Å². The topological polar surface area (TPSA) is 38.7 Å². The highest BCUT2D eigenvalue weighted by Gasteiger charge is 2.25. The summed E-state index contributed by atoms with van der Waals surface area (Å²) in [7, 11) is -1.54. The van der Waals surface area contributed by atoms with Gasteiger partial charge in [0.1, 0.15) is 13.7 Å². The third-order valence-electron chi connectivity index (χ3n) is 4.36. The van der Waals surface area contributed by atoms with Gasteiger partial charge in [-0.15, -0.1) is 5.54 Å². The molecular formula is C25H34O3Si. The largest absolute Gasteiger partial charge is 0.378 e. The maximum absolute atomic E-state index is 10.8. The minimum atomic E-state index is -1.54. The molecule has 2 aromatic rings. The summed E-state index contributed by atoms with van der Waals surface area (Å²) in [5.74, 6) is 3.09. The molecule has 0 saturated carbocycles. The predicted molar refractivity (Wildman–Crippen MR) is 122 cm³/mol. The van der Waals surface area contributed by atoms with Gasteiger partial charge in [-0.1, -0.05) is 86.2 Å². The second-order valence-corrected chi connectivity index (χ2v) is 13.5. The number of aliphatic hydroxyl groups is 1. The number of hydrogen-bond acceptors (Lipinski definition) is 3. The summed E-state index contributed by atoms with van der Waals surface area (Å²) in [5.41, 5.74) is 4.49. The molecule has 1 unspecified atom stereocenters. The van der Waals surface area contributed by atoms with Crippen molar-refractivity contribution in [2.24, 2.45) is 0 Å². The minimum Gasteiger partial charge on any atom is -0.378 e. The van der Waals surface area contributed by atoms with Crippen LogP contribution in [0.4, 0.5) is 0 Å². The molecule has 0 spiro atoms. The van der Waals surface area contributed by atoms with E-state index >= 15 is 0 Å². The Bertz CT molecular complexity index is 770. The first-order valence-corrected chi connectivity index (χ1v) is 13.8. The van der Waals surface area contributed by atoms with E-state index in [-0.39, 0.29) is 6.10 Å². The molecule has 0 aliphatic heterocycles. The average molecular weight is 411 g/mol. The lowest BCUT2D eigenvalue weighted by Gasteiger charge is -2.25. The van der Waals surface area contributed by atoms with E-state index in [1.165, 1.54) is 0 Å². The highest BCUT2D eigenvalue weighted by molar-refractivity contribution is 6.83. The van der Waals surface area contributed by atoms with Crippen molar-refractivity contribution in [1.82, 2.24) is 0 Å². The van der Waals surface area contributed by atoms with Crippen molar-refractivity contribution < 1.29 is 14.6 Å². The number of rotatable bonds is 10. The molecule has 156 valence electrons. The molecule has 2 atom stereocenters. The Labute approximate surface area is 177 Å². The second kappa shape index (κ2) is 11.3. The summed E-state index contributed by atoms with van der Waals surface area (Å²) >= 11 is 0. The van der Waals surface area contributed by atoms with Gasteiger partial charge in [0, 0.05) is 13.0 Å². The molecule has 0 saturated heterocycles. The maximum Gasteiger partial charge on any atom is 0.129 e. The highest BCUT2D eigenvalue weighted by atomic mass is 28.3. The van der Waals surface area contributed by atoms with Crippen LogP contribution >= 0.6 is 0 Å². The van der Waals surface area contributed by atoms with E-state index in [4.69, 9.17) is 9.47 Å². The number of hydrogen-bond donors (Lipinski definition) is 1. The van der Waals surface area contributed by atoms with Gasteiger partial charge in [-0.05, 0) is 24.5 Å². The normalized spacial score (nSPS) is 14.5. The number of ether oxygens (including phenoxy) is 2. The van der Waals surface area contributed by atoms with Crippen LogP contribution in [0.25, 0.3) is 0 Å². The molecule has 0 aromatic heterocycles. The van der Waals surface area contributed by atoms with Crippen molar-refractivity contribution in [2.45, 2.75) is 64.3 Å². The monoisotopic (exact) mass is 410 g/mol. The van der Waals surface area contributed by atoms with Crippen LogP contribution in [0, 0.1) is 11.5 Å². The van der Waals surface area contributed by atoms with Crippen molar-refractivity contribution >= 4 is 8.07 Å². The zero-order valence-electron chi connectivity index (χ0n) is 18.2. The standard InChI is InChI=1S/C25H34O3Si/c1-25(26,16-18-29(2,3)4)19-24(28-21-23-13-9-6-10-14-23)15-17-27-20-22-11-7-5-8-12-22/h5-14,24,26H,15,17,19-21H2,1-4H3/t24-,25?/m0/s1. The molecule has 0 radical (unpaired) electrons. The molecule has 2 aromatic carbocycles. The van der Waals surface area contributed by atoms with Gasteiger partial charge < -0.3 is 14.6 Å². The van der Waals surface area contributed by atoms with Gasteiger partial charge in [-0.3, -0.25) is 0 Å². The van der Waals surface area contributed by atoms with Crippen molar-refractivity contribution in [2.75, 3.05) is 6.61 Å². The fourth-order valence-electron chi connectivity index (χ4n) is 2.83. The first-order valence-electron chi connectivity index (χ1n) is 10.3. The van der Waals surface area contributed by atoms with Gasteiger partial charge in [0.05, 0.1) is 19.3 Å². The molecule has 0 aliphatic rings. The average Bonchev–Trinajstić information content (AvgIpc) is 2.69. The van der Waals surface area contributed by atoms with E-state index in [9.17, 15) is 5.11 Å². The molecule has 29 heavy (non-hydrogen) atoms. The number of benzene rings is 2. The van der Waals surface area contributed by atoms with E-state index in [0.717, 1.165) is 11.1 Å². The van der Waals surface area contributed by atoms with Gasteiger partial charge in [-0.2, -0.15) is 0 Å². The molecule has 1 N–H and O–H groups in total. The first-order chi connectivity index (χ1) is 13.7. The Kier molecular flexibility index (Phi) is 9.13. The molecule has 3 nitrogen and oxygen atoms in total. The van der Waals surface area contributed by atoms with Gasteiger partial charge in [0.2, 0.25) is 0 Å². The Morgan fingerprint density at radius 3 is 2.03 bits per heavy atom. The van der Waals surface area contributed by atoms with E-state index in [1.54, 1.807) is 6.92 Å². The van der Waals surface area contributed by atoms with Crippen molar-refractivity contribution in [1.29, 1.82) is 0 Å².